The molecule has 0 aliphatic rings. The molecule has 0 bridgehead atoms. The van der Waals surface area contributed by atoms with Gasteiger partial charge in [0.05, 0.1) is 5.56 Å². The molecule has 0 aromatic heterocycles. The van der Waals surface area contributed by atoms with Gasteiger partial charge in [0.25, 0.3) is 0 Å². The van der Waals surface area contributed by atoms with Crippen molar-refractivity contribution in [1.29, 1.82) is 0 Å². The van der Waals surface area contributed by atoms with Gasteiger partial charge in [0.1, 0.15) is 19.0 Å². The van der Waals surface area contributed by atoms with Gasteiger partial charge in [-0.3, -0.25) is 0 Å². The molecule has 17 heavy (non-hydrogen) atoms. The Bertz CT molecular complexity index is 427. The summed E-state index contributed by atoms with van der Waals surface area (Å²) in [6.07, 6.45) is 3.15. The summed E-state index contributed by atoms with van der Waals surface area (Å²) in [6.45, 7) is 7.61. The fraction of sp³-hybridized carbons (Fsp3) is 0.154. The Hall–Kier alpha value is -1.55. The van der Waals surface area contributed by atoms with E-state index < -0.39 is 5.97 Å². The van der Waals surface area contributed by atoms with E-state index in [4.69, 9.17) is 9.47 Å². The molecule has 0 amide bonds. The molecule has 0 aliphatic carbocycles. The lowest BCUT2D eigenvalue weighted by Crippen LogP contribution is -2.05. The van der Waals surface area contributed by atoms with Crippen molar-refractivity contribution < 1.29 is 14.3 Å². The highest BCUT2D eigenvalue weighted by Gasteiger charge is 2.09. The number of ether oxygens (including phenoxy) is 2. The van der Waals surface area contributed by atoms with Gasteiger partial charge in [-0.1, -0.05) is 41.2 Å². The van der Waals surface area contributed by atoms with E-state index in [1.54, 1.807) is 24.3 Å². The molecule has 3 nitrogen and oxygen atoms in total. The lowest BCUT2D eigenvalue weighted by Gasteiger charge is -2.07. The van der Waals surface area contributed by atoms with Gasteiger partial charge in [0.15, 0.2) is 0 Å². The molecular formula is C13H13BrO3. The van der Waals surface area contributed by atoms with Crippen molar-refractivity contribution in [2.75, 3.05) is 13.2 Å². The van der Waals surface area contributed by atoms with Crippen molar-refractivity contribution in [3.8, 4) is 5.75 Å². The number of esters is 1. The number of benzene rings is 1. The molecule has 0 saturated carbocycles. The van der Waals surface area contributed by atoms with Gasteiger partial charge in [-0.05, 0) is 18.2 Å². The predicted octanol–water partition coefficient (Wildman–Crippen LogP) is 3.36. The van der Waals surface area contributed by atoms with Crippen LogP contribution in [0.4, 0.5) is 0 Å². The number of carbonyl (C=O) groups excluding carboxylic acids is 1. The van der Waals surface area contributed by atoms with Gasteiger partial charge in [-0.15, -0.1) is 0 Å². The fourth-order valence-electron chi connectivity index (χ4n) is 1.14. The van der Waals surface area contributed by atoms with E-state index in [9.17, 15) is 4.79 Å². The predicted molar refractivity (Wildman–Crippen MR) is 70.3 cm³/mol. The van der Waals surface area contributed by atoms with Crippen molar-refractivity contribution >= 4 is 21.9 Å². The second-order valence-corrected chi connectivity index (χ2v) is 4.08. The lowest BCUT2D eigenvalue weighted by molar-refractivity contribution is 0.0549. The molecule has 0 atom stereocenters. The summed E-state index contributed by atoms with van der Waals surface area (Å²) < 4.78 is 11.0. The maximum Gasteiger partial charge on any atom is 0.338 e. The molecule has 0 heterocycles. The van der Waals surface area contributed by atoms with Gasteiger partial charge in [-0.2, -0.15) is 0 Å². The minimum Gasteiger partial charge on any atom is -0.489 e. The highest BCUT2D eigenvalue weighted by Crippen LogP contribution is 2.22. The molecule has 1 aromatic carbocycles. The van der Waals surface area contributed by atoms with Crippen LogP contribution in [-0.4, -0.2) is 19.2 Å². The molecule has 1 rings (SSSR count). The quantitative estimate of drug-likeness (QED) is 0.596. The van der Waals surface area contributed by atoms with Gasteiger partial charge < -0.3 is 9.47 Å². The van der Waals surface area contributed by atoms with E-state index in [2.05, 4.69) is 29.1 Å². The van der Waals surface area contributed by atoms with Crippen LogP contribution < -0.4 is 4.74 Å². The Morgan fingerprint density at radius 3 is 2.59 bits per heavy atom. The van der Waals surface area contributed by atoms with Crippen molar-refractivity contribution in [2.24, 2.45) is 0 Å². The third-order valence-electron chi connectivity index (χ3n) is 1.81. The summed E-state index contributed by atoms with van der Waals surface area (Å²) >= 11 is 3.31. The third kappa shape index (κ3) is 4.44. The zero-order chi connectivity index (χ0) is 12.7. The van der Waals surface area contributed by atoms with Crippen molar-refractivity contribution in [3.63, 3.8) is 0 Å². The Morgan fingerprint density at radius 1 is 1.24 bits per heavy atom. The van der Waals surface area contributed by atoms with Crippen LogP contribution in [0.25, 0.3) is 0 Å². The molecule has 1 aromatic rings. The van der Waals surface area contributed by atoms with Crippen LogP contribution >= 0.6 is 15.9 Å². The first-order valence-electron chi connectivity index (χ1n) is 4.99. The topological polar surface area (TPSA) is 35.5 Å². The van der Waals surface area contributed by atoms with Gasteiger partial charge >= 0.3 is 5.97 Å². The minimum atomic E-state index is -0.408. The Kier molecular flexibility index (Phi) is 5.49. The van der Waals surface area contributed by atoms with Crippen LogP contribution in [0.1, 0.15) is 10.4 Å². The van der Waals surface area contributed by atoms with Crippen LogP contribution in [0.5, 0.6) is 5.75 Å². The number of halogens is 1. The van der Waals surface area contributed by atoms with Crippen molar-refractivity contribution in [2.45, 2.75) is 0 Å². The molecule has 0 saturated heterocycles. The van der Waals surface area contributed by atoms with Crippen LogP contribution in [-0.2, 0) is 4.74 Å². The highest BCUT2D eigenvalue weighted by atomic mass is 79.9. The summed E-state index contributed by atoms with van der Waals surface area (Å²) in [5.74, 6) is 0.180. The first-order valence-corrected chi connectivity index (χ1v) is 5.79. The molecule has 90 valence electrons. The average molecular weight is 297 g/mol. The summed E-state index contributed by atoms with van der Waals surface area (Å²) in [6, 6.07) is 5.07. The normalized spacial score (nSPS) is 9.47. The second kappa shape index (κ2) is 6.91. The first kappa shape index (κ1) is 13.5. The van der Waals surface area contributed by atoms with Crippen LogP contribution in [0.15, 0.2) is 48.0 Å². The summed E-state index contributed by atoms with van der Waals surface area (Å²) in [5, 5.41) is 0. The standard InChI is InChI=1S/C13H13BrO3/c1-3-5-16-12-8-10(7-11(14)9-12)13(15)17-6-4-2/h3-4,7-9H,1-2,5-6H2. The Balaban J connectivity index is 2.84. The van der Waals surface area contributed by atoms with Crippen LogP contribution in [0, 0.1) is 0 Å². The third-order valence-corrected chi connectivity index (χ3v) is 2.26. The molecule has 0 spiro atoms. The molecule has 0 unspecified atom stereocenters. The fourth-order valence-corrected chi connectivity index (χ4v) is 1.61. The number of hydrogen-bond acceptors (Lipinski definition) is 3. The summed E-state index contributed by atoms with van der Waals surface area (Å²) in [5.41, 5.74) is 0.431. The van der Waals surface area contributed by atoms with Crippen molar-refractivity contribution in [3.05, 3.63) is 53.5 Å². The largest absolute Gasteiger partial charge is 0.489 e. The van der Waals surface area contributed by atoms with Gasteiger partial charge in [-0.25, -0.2) is 4.79 Å². The van der Waals surface area contributed by atoms with Crippen molar-refractivity contribution in [1.82, 2.24) is 0 Å². The van der Waals surface area contributed by atoms with E-state index in [1.165, 1.54) is 6.08 Å². The number of rotatable bonds is 6. The summed E-state index contributed by atoms with van der Waals surface area (Å²) in [7, 11) is 0. The molecule has 0 aliphatic heterocycles. The zero-order valence-electron chi connectivity index (χ0n) is 9.32. The van der Waals surface area contributed by atoms with Gasteiger partial charge in [0, 0.05) is 4.47 Å². The van der Waals surface area contributed by atoms with Crippen LogP contribution in [0.3, 0.4) is 0 Å². The average Bonchev–Trinajstić information content (AvgIpc) is 2.32. The molecule has 0 radical (unpaired) electrons. The molecule has 4 heteroatoms. The molecular weight excluding hydrogens is 284 g/mol. The van der Waals surface area contributed by atoms with E-state index in [1.807, 2.05) is 0 Å². The highest BCUT2D eigenvalue weighted by molar-refractivity contribution is 9.10. The van der Waals surface area contributed by atoms with Crippen LogP contribution in [0.2, 0.25) is 0 Å². The zero-order valence-corrected chi connectivity index (χ0v) is 10.9. The minimum absolute atomic E-state index is 0.189. The Labute approximate surface area is 109 Å². The van der Waals surface area contributed by atoms with E-state index in [-0.39, 0.29) is 6.61 Å². The molecule has 0 N–H and O–H groups in total. The van der Waals surface area contributed by atoms with E-state index in [0.717, 1.165) is 4.47 Å². The smallest absolute Gasteiger partial charge is 0.338 e. The Morgan fingerprint density at radius 2 is 1.94 bits per heavy atom. The van der Waals surface area contributed by atoms with Gasteiger partial charge in [0.2, 0.25) is 0 Å². The maximum absolute atomic E-state index is 11.6. The van der Waals surface area contributed by atoms with E-state index in [0.29, 0.717) is 17.9 Å². The SMILES string of the molecule is C=CCOC(=O)c1cc(Br)cc(OCC=C)c1. The maximum atomic E-state index is 11.6. The summed E-state index contributed by atoms with van der Waals surface area (Å²) in [4.78, 5) is 11.6. The second-order valence-electron chi connectivity index (χ2n) is 3.16. The number of carbonyl (C=O) groups is 1. The lowest BCUT2D eigenvalue weighted by atomic mass is 10.2. The first-order chi connectivity index (χ1) is 8.17. The monoisotopic (exact) mass is 296 g/mol. The number of hydrogen-bond donors (Lipinski definition) is 0. The van der Waals surface area contributed by atoms with E-state index >= 15 is 0 Å². The molecule has 0 fully saturated rings.